The van der Waals surface area contributed by atoms with Crippen molar-refractivity contribution < 1.29 is 13.6 Å². The number of Topliss-reactive ketones (excluding diaryl/α,β-unsaturated/α-hetero) is 1. The summed E-state index contributed by atoms with van der Waals surface area (Å²) in [5, 5.41) is 2.84. The van der Waals surface area contributed by atoms with Gasteiger partial charge in [0.1, 0.15) is 11.6 Å². The summed E-state index contributed by atoms with van der Waals surface area (Å²) in [5.74, 6) is -1.71. The molecule has 0 unspecified atom stereocenters. The molecule has 0 aliphatic rings. The highest BCUT2D eigenvalue weighted by Gasteiger charge is 2.11. The van der Waals surface area contributed by atoms with E-state index in [1.165, 1.54) is 0 Å². The second kappa shape index (κ2) is 5.56. The van der Waals surface area contributed by atoms with Crippen molar-refractivity contribution in [2.24, 2.45) is 0 Å². The molecule has 0 aromatic heterocycles. The third-order valence-corrected chi connectivity index (χ3v) is 1.94. The molecule has 0 radical (unpaired) electrons. The van der Waals surface area contributed by atoms with Gasteiger partial charge in [-0.3, -0.25) is 4.79 Å². The Bertz CT molecular complexity index is 352. The highest BCUT2D eigenvalue weighted by molar-refractivity contribution is 5.97. The fraction of sp³-hybridized carbons (Fsp3) is 0.364. The minimum atomic E-state index is -0.681. The molecule has 0 saturated heterocycles. The predicted octanol–water partition coefficient (Wildman–Crippen LogP) is 2.15. The highest BCUT2D eigenvalue weighted by Crippen LogP contribution is 2.09. The first-order valence-electron chi connectivity index (χ1n) is 4.84. The lowest BCUT2D eigenvalue weighted by atomic mass is 10.1. The lowest BCUT2D eigenvalue weighted by Crippen LogP contribution is -2.24. The summed E-state index contributed by atoms with van der Waals surface area (Å²) in [7, 11) is 0. The van der Waals surface area contributed by atoms with Gasteiger partial charge in [0, 0.05) is 0 Å². The Morgan fingerprint density at radius 2 is 2.13 bits per heavy atom. The largest absolute Gasteiger partial charge is 0.310 e. The van der Waals surface area contributed by atoms with Crippen LogP contribution in [0.5, 0.6) is 0 Å². The van der Waals surface area contributed by atoms with E-state index in [1.807, 2.05) is 6.92 Å². The lowest BCUT2D eigenvalue weighted by Gasteiger charge is -2.03. The summed E-state index contributed by atoms with van der Waals surface area (Å²) in [6.45, 7) is 2.68. The smallest absolute Gasteiger partial charge is 0.179 e. The number of hydrogen-bond acceptors (Lipinski definition) is 2. The average Bonchev–Trinajstić information content (AvgIpc) is 2.22. The van der Waals surface area contributed by atoms with Crippen molar-refractivity contribution in [2.75, 3.05) is 13.1 Å². The summed E-state index contributed by atoms with van der Waals surface area (Å²) < 4.78 is 25.9. The lowest BCUT2D eigenvalue weighted by molar-refractivity contribution is 0.0987. The van der Waals surface area contributed by atoms with Gasteiger partial charge in [-0.1, -0.05) is 6.92 Å². The van der Waals surface area contributed by atoms with Gasteiger partial charge in [-0.15, -0.1) is 0 Å². The van der Waals surface area contributed by atoms with E-state index in [9.17, 15) is 13.6 Å². The van der Waals surface area contributed by atoms with E-state index in [2.05, 4.69) is 5.32 Å². The second-order valence-electron chi connectivity index (χ2n) is 3.22. The van der Waals surface area contributed by atoms with Crippen LogP contribution in [0.15, 0.2) is 18.2 Å². The van der Waals surface area contributed by atoms with Gasteiger partial charge in [-0.25, -0.2) is 8.78 Å². The van der Waals surface area contributed by atoms with Gasteiger partial charge in [0.2, 0.25) is 0 Å². The standard InChI is InChI=1S/C11H13F2NO/c1-2-5-14-7-11(15)9-6-8(12)3-4-10(9)13/h3-4,6,14H,2,5,7H2,1H3. The van der Waals surface area contributed by atoms with Crippen LogP contribution in [-0.4, -0.2) is 18.9 Å². The quantitative estimate of drug-likeness (QED) is 0.599. The zero-order chi connectivity index (χ0) is 11.3. The predicted molar refractivity (Wildman–Crippen MR) is 53.8 cm³/mol. The fourth-order valence-electron chi connectivity index (χ4n) is 1.19. The molecule has 0 amide bonds. The van der Waals surface area contributed by atoms with E-state index in [0.29, 0.717) is 6.54 Å². The van der Waals surface area contributed by atoms with Crippen molar-refractivity contribution >= 4 is 5.78 Å². The molecule has 2 nitrogen and oxygen atoms in total. The van der Waals surface area contributed by atoms with Crippen LogP contribution in [0.2, 0.25) is 0 Å². The Balaban J connectivity index is 2.68. The summed E-state index contributed by atoms with van der Waals surface area (Å²) in [4.78, 5) is 11.4. The van der Waals surface area contributed by atoms with Crippen molar-refractivity contribution in [2.45, 2.75) is 13.3 Å². The number of hydrogen-bond donors (Lipinski definition) is 1. The van der Waals surface area contributed by atoms with E-state index >= 15 is 0 Å². The number of benzene rings is 1. The average molecular weight is 213 g/mol. The van der Waals surface area contributed by atoms with E-state index in [-0.39, 0.29) is 12.1 Å². The molecular formula is C11H13F2NO. The Morgan fingerprint density at radius 1 is 1.40 bits per heavy atom. The molecule has 0 saturated carbocycles. The normalized spacial score (nSPS) is 10.3. The number of ketones is 1. The van der Waals surface area contributed by atoms with Gasteiger partial charge in [0.25, 0.3) is 0 Å². The molecule has 0 aliphatic heterocycles. The SMILES string of the molecule is CCCNCC(=O)c1cc(F)ccc1F. The first-order chi connectivity index (χ1) is 7.15. The molecule has 4 heteroatoms. The van der Waals surface area contributed by atoms with E-state index in [1.54, 1.807) is 0 Å². The summed E-state index contributed by atoms with van der Waals surface area (Å²) in [5.41, 5.74) is -0.196. The molecule has 82 valence electrons. The van der Waals surface area contributed by atoms with Crippen molar-refractivity contribution in [3.05, 3.63) is 35.4 Å². The molecule has 1 N–H and O–H groups in total. The van der Waals surface area contributed by atoms with Crippen molar-refractivity contribution in [1.82, 2.24) is 5.32 Å². The van der Waals surface area contributed by atoms with Gasteiger partial charge < -0.3 is 5.32 Å². The number of rotatable bonds is 5. The molecule has 0 atom stereocenters. The maximum atomic E-state index is 13.1. The summed E-state index contributed by atoms with van der Waals surface area (Å²) >= 11 is 0. The fourth-order valence-corrected chi connectivity index (χ4v) is 1.19. The van der Waals surface area contributed by atoms with Crippen LogP contribution >= 0.6 is 0 Å². The van der Waals surface area contributed by atoms with Crippen molar-refractivity contribution in [3.63, 3.8) is 0 Å². The van der Waals surface area contributed by atoms with Crippen LogP contribution in [0.1, 0.15) is 23.7 Å². The molecule has 0 heterocycles. The molecule has 1 aromatic rings. The molecule has 0 aliphatic carbocycles. The van der Waals surface area contributed by atoms with Gasteiger partial charge in [-0.2, -0.15) is 0 Å². The molecule has 0 fully saturated rings. The zero-order valence-corrected chi connectivity index (χ0v) is 8.52. The Labute approximate surface area is 87.3 Å². The highest BCUT2D eigenvalue weighted by atomic mass is 19.1. The van der Waals surface area contributed by atoms with Crippen molar-refractivity contribution in [1.29, 1.82) is 0 Å². The third-order valence-electron chi connectivity index (χ3n) is 1.94. The minimum absolute atomic E-state index is 0.0359. The van der Waals surface area contributed by atoms with Gasteiger partial charge in [-0.05, 0) is 31.2 Å². The van der Waals surface area contributed by atoms with Crippen LogP contribution in [0.4, 0.5) is 8.78 Å². The first-order valence-corrected chi connectivity index (χ1v) is 4.84. The molecule has 0 spiro atoms. The van der Waals surface area contributed by atoms with E-state index < -0.39 is 17.4 Å². The third kappa shape index (κ3) is 3.40. The molecule has 15 heavy (non-hydrogen) atoms. The van der Waals surface area contributed by atoms with Gasteiger partial charge in [0.15, 0.2) is 5.78 Å². The maximum absolute atomic E-state index is 13.1. The van der Waals surface area contributed by atoms with Gasteiger partial charge >= 0.3 is 0 Å². The number of halogens is 2. The Kier molecular flexibility index (Phi) is 4.37. The molecule has 0 bridgehead atoms. The van der Waals surface area contributed by atoms with Crippen LogP contribution in [0, 0.1) is 11.6 Å². The Hall–Kier alpha value is -1.29. The first kappa shape index (κ1) is 11.8. The second-order valence-corrected chi connectivity index (χ2v) is 3.22. The molecular weight excluding hydrogens is 200 g/mol. The van der Waals surface area contributed by atoms with Crippen LogP contribution in [0.3, 0.4) is 0 Å². The number of carbonyl (C=O) groups excluding carboxylic acids is 1. The minimum Gasteiger partial charge on any atom is -0.310 e. The maximum Gasteiger partial charge on any atom is 0.179 e. The number of nitrogens with one attached hydrogen (secondary N) is 1. The summed E-state index contributed by atoms with van der Waals surface area (Å²) in [6.07, 6.45) is 0.888. The molecule has 1 aromatic carbocycles. The topological polar surface area (TPSA) is 29.1 Å². The van der Waals surface area contributed by atoms with Crippen LogP contribution in [-0.2, 0) is 0 Å². The Morgan fingerprint density at radius 3 is 2.80 bits per heavy atom. The molecule has 1 rings (SSSR count). The van der Waals surface area contributed by atoms with Gasteiger partial charge in [0.05, 0.1) is 12.1 Å². The van der Waals surface area contributed by atoms with E-state index in [0.717, 1.165) is 24.6 Å². The van der Waals surface area contributed by atoms with Crippen LogP contribution < -0.4 is 5.32 Å². The monoisotopic (exact) mass is 213 g/mol. The number of carbonyl (C=O) groups is 1. The van der Waals surface area contributed by atoms with Crippen LogP contribution in [0.25, 0.3) is 0 Å². The van der Waals surface area contributed by atoms with Crippen molar-refractivity contribution in [3.8, 4) is 0 Å². The summed E-state index contributed by atoms with van der Waals surface area (Å²) in [6, 6.07) is 2.87. The van der Waals surface area contributed by atoms with E-state index in [4.69, 9.17) is 0 Å². The zero-order valence-electron chi connectivity index (χ0n) is 8.52.